The van der Waals surface area contributed by atoms with E-state index in [1.807, 2.05) is 6.07 Å². The summed E-state index contributed by atoms with van der Waals surface area (Å²) in [5.74, 6) is 2.62. The third kappa shape index (κ3) is 5.26. The van der Waals surface area contributed by atoms with Gasteiger partial charge in [0.25, 0.3) is 0 Å². The highest BCUT2D eigenvalue weighted by atomic mass is 14.9. The van der Waals surface area contributed by atoms with E-state index >= 15 is 0 Å². The minimum absolute atomic E-state index is 0.111. The van der Waals surface area contributed by atoms with Gasteiger partial charge in [0.05, 0.1) is 0 Å². The average Bonchev–Trinajstić information content (AvgIpc) is 2.42. The molecule has 1 aromatic rings. The summed E-state index contributed by atoms with van der Waals surface area (Å²) in [6.07, 6.45) is 0. The molecule has 2 unspecified atom stereocenters. The Hall–Kier alpha value is -0.860. The Morgan fingerprint density at radius 1 is 0.900 bits per heavy atom. The number of nitrogens with one attached hydrogen (secondary N) is 1. The fraction of sp³-hybridized carbons (Fsp3) is 0.667. The van der Waals surface area contributed by atoms with Crippen molar-refractivity contribution >= 4 is 0 Å². The first-order valence-electron chi connectivity index (χ1n) is 7.94. The van der Waals surface area contributed by atoms with Crippen molar-refractivity contribution in [3.63, 3.8) is 0 Å². The largest absolute Gasteiger partial charge is 0.324 e. The van der Waals surface area contributed by atoms with Crippen LogP contribution < -0.4 is 11.1 Å². The summed E-state index contributed by atoms with van der Waals surface area (Å²) in [6.45, 7) is 13.5. The summed E-state index contributed by atoms with van der Waals surface area (Å²) in [6, 6.07) is 10.5. The number of hydrogen-bond donors (Lipinski definition) is 2. The minimum atomic E-state index is 0.111. The molecule has 2 atom stereocenters. The zero-order chi connectivity index (χ0) is 15.1. The number of hydrogen-bond acceptors (Lipinski definition) is 2. The Kier molecular flexibility index (Phi) is 7.25. The second kappa shape index (κ2) is 8.43. The monoisotopic (exact) mass is 276 g/mol. The predicted molar refractivity (Wildman–Crippen MR) is 88.6 cm³/mol. The van der Waals surface area contributed by atoms with Crippen LogP contribution in [0.15, 0.2) is 30.3 Å². The first-order chi connectivity index (χ1) is 9.43. The van der Waals surface area contributed by atoms with Crippen molar-refractivity contribution in [2.24, 2.45) is 29.4 Å². The number of rotatable bonds is 8. The number of nitrogens with two attached hydrogens (primary N) is 1. The van der Waals surface area contributed by atoms with Crippen molar-refractivity contribution in [2.75, 3.05) is 13.1 Å². The highest BCUT2D eigenvalue weighted by Crippen LogP contribution is 2.21. The third-order valence-electron chi connectivity index (χ3n) is 4.36. The van der Waals surface area contributed by atoms with Gasteiger partial charge in [-0.15, -0.1) is 0 Å². The van der Waals surface area contributed by atoms with Gasteiger partial charge in [0.2, 0.25) is 0 Å². The van der Waals surface area contributed by atoms with E-state index in [0.717, 1.165) is 30.8 Å². The summed E-state index contributed by atoms with van der Waals surface area (Å²) in [4.78, 5) is 0. The topological polar surface area (TPSA) is 38.0 Å². The van der Waals surface area contributed by atoms with Crippen molar-refractivity contribution in [1.82, 2.24) is 5.32 Å². The average molecular weight is 276 g/mol. The Morgan fingerprint density at radius 2 is 1.45 bits per heavy atom. The van der Waals surface area contributed by atoms with Crippen molar-refractivity contribution in [3.05, 3.63) is 35.9 Å². The van der Waals surface area contributed by atoms with E-state index < -0.39 is 0 Å². The molecule has 2 heteroatoms. The van der Waals surface area contributed by atoms with E-state index in [-0.39, 0.29) is 6.04 Å². The predicted octanol–water partition coefficient (Wildman–Crippen LogP) is 3.84. The van der Waals surface area contributed by atoms with Crippen LogP contribution >= 0.6 is 0 Å². The third-order valence-corrected chi connectivity index (χ3v) is 4.36. The van der Waals surface area contributed by atoms with Gasteiger partial charge in [-0.2, -0.15) is 0 Å². The van der Waals surface area contributed by atoms with E-state index in [0.29, 0.717) is 5.92 Å². The van der Waals surface area contributed by atoms with Crippen LogP contribution in [0.25, 0.3) is 0 Å². The zero-order valence-electron chi connectivity index (χ0n) is 13.8. The number of benzene rings is 1. The fourth-order valence-electron chi connectivity index (χ4n) is 2.85. The molecule has 0 amide bonds. The maximum Gasteiger partial charge on any atom is 0.0333 e. The standard InChI is InChI=1S/C18H32N2/c1-13(2)17(14(3)4)12-20-11-15(5)18(19)16-9-7-6-8-10-16/h6-10,13-15,17-18,20H,11-12,19H2,1-5H3. The normalized spacial score (nSPS) is 15.1. The molecule has 0 heterocycles. The lowest BCUT2D eigenvalue weighted by Crippen LogP contribution is -2.35. The van der Waals surface area contributed by atoms with Crippen LogP contribution in [-0.2, 0) is 0 Å². The van der Waals surface area contributed by atoms with Gasteiger partial charge in [-0.3, -0.25) is 0 Å². The van der Waals surface area contributed by atoms with E-state index in [1.165, 1.54) is 5.56 Å². The van der Waals surface area contributed by atoms with Gasteiger partial charge in [0.15, 0.2) is 0 Å². The zero-order valence-corrected chi connectivity index (χ0v) is 13.8. The lowest BCUT2D eigenvalue weighted by atomic mass is 9.85. The van der Waals surface area contributed by atoms with Gasteiger partial charge < -0.3 is 11.1 Å². The quantitative estimate of drug-likeness (QED) is 0.757. The van der Waals surface area contributed by atoms with Crippen molar-refractivity contribution in [2.45, 2.75) is 40.7 Å². The van der Waals surface area contributed by atoms with Crippen LogP contribution in [0.1, 0.15) is 46.2 Å². The molecule has 3 N–H and O–H groups in total. The molecule has 0 aromatic heterocycles. The van der Waals surface area contributed by atoms with Gasteiger partial charge in [-0.05, 0) is 42.3 Å². The molecule has 0 saturated carbocycles. The molecule has 0 aliphatic carbocycles. The van der Waals surface area contributed by atoms with Crippen molar-refractivity contribution in [3.8, 4) is 0 Å². The summed E-state index contributed by atoms with van der Waals surface area (Å²) in [5, 5.41) is 3.62. The van der Waals surface area contributed by atoms with Crippen LogP contribution in [0.5, 0.6) is 0 Å². The molecule has 1 rings (SSSR count). The molecular formula is C18H32N2. The van der Waals surface area contributed by atoms with Crippen LogP contribution in [0.3, 0.4) is 0 Å². The molecule has 0 aliphatic heterocycles. The van der Waals surface area contributed by atoms with Crippen LogP contribution in [-0.4, -0.2) is 13.1 Å². The second-order valence-electron chi connectivity index (χ2n) is 6.72. The minimum Gasteiger partial charge on any atom is -0.324 e. The lowest BCUT2D eigenvalue weighted by Gasteiger charge is -2.27. The molecule has 0 spiro atoms. The van der Waals surface area contributed by atoms with E-state index in [2.05, 4.69) is 64.2 Å². The molecular weight excluding hydrogens is 244 g/mol. The Morgan fingerprint density at radius 3 is 1.95 bits per heavy atom. The van der Waals surface area contributed by atoms with Crippen LogP contribution in [0.4, 0.5) is 0 Å². The Labute approximate surface area is 125 Å². The van der Waals surface area contributed by atoms with Crippen LogP contribution in [0.2, 0.25) is 0 Å². The SMILES string of the molecule is CC(C)C(CNCC(C)C(N)c1ccccc1)C(C)C. The maximum absolute atomic E-state index is 6.33. The highest BCUT2D eigenvalue weighted by molar-refractivity contribution is 5.19. The molecule has 20 heavy (non-hydrogen) atoms. The maximum atomic E-state index is 6.33. The molecule has 114 valence electrons. The van der Waals surface area contributed by atoms with Gasteiger partial charge in [-0.1, -0.05) is 65.0 Å². The van der Waals surface area contributed by atoms with E-state index in [9.17, 15) is 0 Å². The first kappa shape index (κ1) is 17.2. The Balaban J connectivity index is 2.41. The summed E-state index contributed by atoms with van der Waals surface area (Å²) in [5.41, 5.74) is 7.56. The van der Waals surface area contributed by atoms with Crippen LogP contribution in [0, 0.1) is 23.7 Å². The van der Waals surface area contributed by atoms with Gasteiger partial charge >= 0.3 is 0 Å². The highest BCUT2D eigenvalue weighted by Gasteiger charge is 2.19. The van der Waals surface area contributed by atoms with E-state index in [4.69, 9.17) is 5.73 Å². The second-order valence-corrected chi connectivity index (χ2v) is 6.72. The molecule has 0 bridgehead atoms. The lowest BCUT2D eigenvalue weighted by molar-refractivity contribution is 0.268. The summed E-state index contributed by atoms with van der Waals surface area (Å²) >= 11 is 0. The fourth-order valence-corrected chi connectivity index (χ4v) is 2.85. The Bertz CT molecular complexity index is 351. The molecule has 0 radical (unpaired) electrons. The van der Waals surface area contributed by atoms with Gasteiger partial charge in [-0.25, -0.2) is 0 Å². The molecule has 0 fully saturated rings. The summed E-state index contributed by atoms with van der Waals surface area (Å²) < 4.78 is 0. The van der Waals surface area contributed by atoms with Crippen molar-refractivity contribution in [1.29, 1.82) is 0 Å². The first-order valence-corrected chi connectivity index (χ1v) is 7.94. The molecule has 2 nitrogen and oxygen atoms in total. The van der Waals surface area contributed by atoms with Gasteiger partial charge in [0.1, 0.15) is 0 Å². The van der Waals surface area contributed by atoms with Crippen molar-refractivity contribution < 1.29 is 0 Å². The smallest absolute Gasteiger partial charge is 0.0333 e. The molecule has 1 aromatic carbocycles. The molecule has 0 saturated heterocycles. The molecule has 0 aliphatic rings. The van der Waals surface area contributed by atoms with Gasteiger partial charge in [0, 0.05) is 6.04 Å². The van der Waals surface area contributed by atoms with E-state index in [1.54, 1.807) is 0 Å². The summed E-state index contributed by atoms with van der Waals surface area (Å²) in [7, 11) is 0.